The number of rotatable bonds is 12. The standard InChI is InChI=1S/C41H38N4O7S/c46-24-27-13-15-30(16-14-27)36-21-34(26-53-40-42-17-6-18-43-40)51-39(52-36)33-12-5-11-32(20-33)31-10-4-9-29(19-31)23-45-37(47)22-35(38(45)48)44-41(49)50-25-28-7-2-1-3-8-28/h1-20,34-36,39,46H,21-26H2,(H,44,49)/t34-,35?,36+,39+/m1/s1. The number of aliphatic hydroxyl groups is 1. The highest BCUT2D eigenvalue weighted by atomic mass is 32.2. The van der Waals surface area contributed by atoms with Gasteiger partial charge >= 0.3 is 6.09 Å². The van der Waals surface area contributed by atoms with Gasteiger partial charge in [-0.3, -0.25) is 14.5 Å². The molecule has 0 radical (unpaired) electrons. The number of thioether (sulfide) groups is 1. The number of aromatic nitrogens is 2. The average molecular weight is 731 g/mol. The van der Waals surface area contributed by atoms with Crippen molar-refractivity contribution < 1.29 is 33.7 Å². The maximum absolute atomic E-state index is 13.2. The topological polar surface area (TPSA) is 140 Å². The average Bonchev–Trinajstić information content (AvgIpc) is 3.47. The number of alkyl carbamates (subject to hydrolysis) is 1. The van der Waals surface area contributed by atoms with Gasteiger partial charge in [-0.1, -0.05) is 103 Å². The highest BCUT2D eigenvalue weighted by molar-refractivity contribution is 7.99. The van der Waals surface area contributed by atoms with Crippen molar-refractivity contribution >= 4 is 29.7 Å². The van der Waals surface area contributed by atoms with E-state index in [1.165, 1.54) is 16.7 Å². The third-order valence-corrected chi connectivity index (χ3v) is 10.1. The van der Waals surface area contributed by atoms with E-state index in [1.807, 2.05) is 103 Å². The highest BCUT2D eigenvalue weighted by Crippen LogP contribution is 2.40. The molecular weight excluding hydrogens is 693 g/mol. The molecule has 2 aliphatic heterocycles. The van der Waals surface area contributed by atoms with Gasteiger partial charge in [-0.15, -0.1) is 0 Å². The Labute approximate surface area is 311 Å². The summed E-state index contributed by atoms with van der Waals surface area (Å²) in [5, 5.41) is 12.8. The minimum atomic E-state index is -0.986. The molecule has 0 saturated carbocycles. The van der Waals surface area contributed by atoms with Crippen molar-refractivity contribution in [1.82, 2.24) is 20.2 Å². The fraction of sp³-hybridized carbons (Fsp3) is 0.244. The van der Waals surface area contributed by atoms with Gasteiger partial charge in [-0.2, -0.15) is 0 Å². The Bertz CT molecular complexity index is 2030. The molecule has 0 aliphatic carbocycles. The van der Waals surface area contributed by atoms with Crippen LogP contribution in [0.5, 0.6) is 0 Å². The van der Waals surface area contributed by atoms with Crippen LogP contribution in [0.4, 0.5) is 4.79 Å². The van der Waals surface area contributed by atoms with Crippen molar-refractivity contribution in [1.29, 1.82) is 0 Å². The van der Waals surface area contributed by atoms with Crippen LogP contribution in [0, 0.1) is 0 Å². The summed E-state index contributed by atoms with van der Waals surface area (Å²) in [7, 11) is 0. The van der Waals surface area contributed by atoms with E-state index >= 15 is 0 Å². The van der Waals surface area contributed by atoms with Crippen molar-refractivity contribution in [3.05, 3.63) is 149 Å². The van der Waals surface area contributed by atoms with Crippen LogP contribution in [0.15, 0.2) is 127 Å². The third kappa shape index (κ3) is 9.16. The summed E-state index contributed by atoms with van der Waals surface area (Å²) in [5.74, 6) is -0.206. The van der Waals surface area contributed by atoms with Crippen molar-refractivity contribution in [2.75, 3.05) is 5.75 Å². The highest BCUT2D eigenvalue weighted by Gasteiger charge is 2.40. The van der Waals surface area contributed by atoms with Crippen molar-refractivity contribution in [2.24, 2.45) is 0 Å². The molecule has 7 rings (SSSR count). The van der Waals surface area contributed by atoms with E-state index < -0.39 is 24.3 Å². The Morgan fingerprint density at radius 1 is 0.830 bits per heavy atom. The van der Waals surface area contributed by atoms with Gasteiger partial charge in [0.25, 0.3) is 5.91 Å². The van der Waals surface area contributed by atoms with E-state index in [0.717, 1.165) is 38.9 Å². The maximum atomic E-state index is 13.2. The molecule has 0 spiro atoms. The zero-order valence-corrected chi connectivity index (χ0v) is 29.6. The number of carbonyl (C=O) groups is 3. The van der Waals surface area contributed by atoms with Crippen molar-refractivity contribution in [3.8, 4) is 11.1 Å². The Morgan fingerprint density at radius 3 is 2.34 bits per heavy atom. The van der Waals surface area contributed by atoms with Gasteiger partial charge in [0.2, 0.25) is 5.91 Å². The van der Waals surface area contributed by atoms with Crippen LogP contribution < -0.4 is 5.32 Å². The van der Waals surface area contributed by atoms with Crippen molar-refractivity contribution in [2.45, 2.75) is 62.3 Å². The van der Waals surface area contributed by atoms with Gasteiger partial charge in [0.15, 0.2) is 11.4 Å². The minimum absolute atomic E-state index is 0.0315. The SMILES string of the molecule is O=C(NC1CC(=O)N(Cc2cccc(-c3cccc([C@H]4O[C@@H](CSc5ncccn5)C[C@@H](c5ccc(CO)cc5)O4)c3)c2)C1=O)OCc1ccccc1. The summed E-state index contributed by atoms with van der Waals surface area (Å²) in [6.07, 6.45) is 2.14. The van der Waals surface area contributed by atoms with Gasteiger partial charge < -0.3 is 24.6 Å². The number of likely N-dealkylation sites (tertiary alicyclic amines) is 1. The van der Waals surface area contributed by atoms with Gasteiger partial charge in [0.05, 0.1) is 31.8 Å². The quantitative estimate of drug-likeness (QED) is 0.0828. The third-order valence-electron chi connectivity index (χ3n) is 9.06. The molecule has 5 aromatic rings. The van der Waals surface area contributed by atoms with E-state index in [9.17, 15) is 19.5 Å². The van der Waals surface area contributed by atoms with E-state index in [0.29, 0.717) is 17.3 Å². The lowest BCUT2D eigenvalue weighted by Gasteiger charge is -2.36. The molecule has 3 heterocycles. The second-order valence-corrected chi connectivity index (χ2v) is 13.8. The van der Waals surface area contributed by atoms with E-state index in [-0.39, 0.29) is 44.3 Å². The first-order valence-corrected chi connectivity index (χ1v) is 18.3. The first-order chi connectivity index (χ1) is 25.9. The number of benzene rings is 4. The number of ether oxygens (including phenoxy) is 3. The number of nitrogens with zero attached hydrogens (tertiary/aromatic N) is 3. The van der Waals surface area contributed by atoms with Gasteiger partial charge in [0, 0.05) is 30.1 Å². The molecule has 3 amide bonds. The Hall–Kier alpha value is -5.40. The summed E-state index contributed by atoms with van der Waals surface area (Å²) in [5.41, 5.74) is 6.05. The number of aliphatic hydroxyl groups excluding tert-OH is 1. The van der Waals surface area contributed by atoms with E-state index in [4.69, 9.17) is 14.2 Å². The van der Waals surface area contributed by atoms with Crippen LogP contribution in [-0.4, -0.2) is 55.8 Å². The predicted octanol–water partition coefficient (Wildman–Crippen LogP) is 6.53. The van der Waals surface area contributed by atoms with Crippen LogP contribution >= 0.6 is 11.8 Å². The molecule has 2 saturated heterocycles. The lowest BCUT2D eigenvalue weighted by atomic mass is 9.99. The molecule has 12 heteroatoms. The molecule has 53 heavy (non-hydrogen) atoms. The lowest BCUT2D eigenvalue weighted by Crippen LogP contribution is -2.41. The fourth-order valence-corrected chi connectivity index (χ4v) is 7.14. The van der Waals surface area contributed by atoms with Crippen molar-refractivity contribution in [3.63, 3.8) is 0 Å². The number of hydrogen-bond donors (Lipinski definition) is 2. The summed E-state index contributed by atoms with van der Waals surface area (Å²) >= 11 is 1.53. The molecule has 1 unspecified atom stereocenters. The molecule has 2 aliphatic rings. The molecule has 270 valence electrons. The van der Waals surface area contributed by atoms with Gasteiger partial charge in [-0.25, -0.2) is 14.8 Å². The first-order valence-electron chi connectivity index (χ1n) is 17.3. The Balaban J connectivity index is 1.03. The fourth-order valence-electron chi connectivity index (χ4n) is 6.32. The molecule has 0 bridgehead atoms. The number of imide groups is 1. The summed E-state index contributed by atoms with van der Waals surface area (Å²) in [6.45, 7) is 0.0934. The minimum Gasteiger partial charge on any atom is -0.445 e. The lowest BCUT2D eigenvalue weighted by molar-refractivity contribution is -0.245. The van der Waals surface area contributed by atoms with Gasteiger partial charge in [-0.05, 0) is 51.6 Å². The second-order valence-electron chi connectivity index (χ2n) is 12.8. The van der Waals surface area contributed by atoms with Crippen LogP contribution in [0.2, 0.25) is 0 Å². The van der Waals surface area contributed by atoms with Crippen LogP contribution in [0.3, 0.4) is 0 Å². The Kier molecular flexibility index (Phi) is 11.5. The largest absolute Gasteiger partial charge is 0.445 e. The molecule has 11 nitrogen and oxygen atoms in total. The summed E-state index contributed by atoms with van der Waals surface area (Å²) in [4.78, 5) is 48.4. The number of carbonyl (C=O) groups excluding carboxylic acids is 3. The van der Waals surface area contributed by atoms with Crippen LogP contribution in [0.25, 0.3) is 11.1 Å². The Morgan fingerprint density at radius 2 is 1.57 bits per heavy atom. The van der Waals surface area contributed by atoms with Crippen LogP contribution in [0.1, 0.15) is 53.1 Å². The van der Waals surface area contributed by atoms with E-state index in [2.05, 4.69) is 15.3 Å². The maximum Gasteiger partial charge on any atom is 0.408 e. The monoisotopic (exact) mass is 730 g/mol. The van der Waals surface area contributed by atoms with E-state index in [1.54, 1.807) is 18.5 Å². The summed E-state index contributed by atoms with van der Waals surface area (Å²) in [6, 6.07) is 33.4. The number of amides is 3. The van der Waals surface area contributed by atoms with Crippen LogP contribution in [-0.2, 0) is 43.6 Å². The number of nitrogens with one attached hydrogen (secondary N) is 1. The molecule has 4 aromatic carbocycles. The second kappa shape index (κ2) is 17.0. The van der Waals surface area contributed by atoms with Gasteiger partial charge in [0.1, 0.15) is 12.6 Å². The molecular formula is C41H38N4O7S. The smallest absolute Gasteiger partial charge is 0.408 e. The first kappa shape index (κ1) is 36.0. The zero-order chi connectivity index (χ0) is 36.6. The molecule has 2 N–H and O–H groups in total. The molecule has 4 atom stereocenters. The normalized spacial score (nSPS) is 20.0. The zero-order valence-electron chi connectivity index (χ0n) is 28.7. The molecule has 1 aromatic heterocycles. The number of hydrogen-bond acceptors (Lipinski definition) is 10. The molecule has 2 fully saturated rings. The summed E-state index contributed by atoms with van der Waals surface area (Å²) < 4.78 is 18.4. The predicted molar refractivity (Wildman–Crippen MR) is 197 cm³/mol.